The Hall–Kier alpha value is -3.39. The van der Waals surface area contributed by atoms with Gasteiger partial charge in [0, 0.05) is 65.0 Å². The summed E-state index contributed by atoms with van der Waals surface area (Å²) in [7, 11) is 4.19. The normalized spacial score (nSPS) is 18.5. The monoisotopic (exact) mass is 518 g/mol. The van der Waals surface area contributed by atoms with Crippen molar-refractivity contribution >= 4 is 57.2 Å². The van der Waals surface area contributed by atoms with Gasteiger partial charge in [0.25, 0.3) is 11.8 Å². The molecule has 0 fully saturated rings. The minimum absolute atomic E-state index is 0. The number of halogens is 1. The number of carbonyl (C=O) groups is 2. The third-order valence-electron chi connectivity index (χ3n) is 7.28. The zero-order valence-corrected chi connectivity index (χ0v) is 21.9. The molecule has 1 atom stereocenters. The van der Waals surface area contributed by atoms with Crippen LogP contribution in [0.1, 0.15) is 17.5 Å². The highest BCUT2D eigenvalue weighted by Gasteiger charge is 2.35. The first-order valence-electron chi connectivity index (χ1n) is 12.5. The van der Waals surface area contributed by atoms with Crippen molar-refractivity contribution in [1.29, 1.82) is 0 Å². The number of rotatable bonds is 2. The van der Waals surface area contributed by atoms with Crippen molar-refractivity contribution < 1.29 is 14.3 Å². The number of ether oxygens (including phenoxy) is 1. The maximum absolute atomic E-state index is 13.3. The largest absolute Gasteiger partial charge is 0.379 e. The smallest absolute Gasteiger partial charge is 0.259 e. The Bertz CT molecular complexity index is 1530. The lowest BCUT2D eigenvalue weighted by atomic mass is 9.95. The lowest BCUT2D eigenvalue weighted by Gasteiger charge is -2.22. The molecule has 0 radical (unpaired) electrons. The number of imide groups is 1. The lowest BCUT2D eigenvalue weighted by molar-refractivity contribution is -0.122. The molecule has 0 aliphatic carbocycles. The first kappa shape index (κ1) is 25.3. The van der Waals surface area contributed by atoms with E-state index in [1.807, 2.05) is 48.8 Å². The van der Waals surface area contributed by atoms with Crippen LogP contribution in [0.3, 0.4) is 0 Å². The number of nitrogens with one attached hydrogen (secondary N) is 1. The highest BCUT2D eigenvalue weighted by atomic mass is 35.5. The van der Waals surface area contributed by atoms with Gasteiger partial charge in [-0.1, -0.05) is 36.4 Å². The quantitative estimate of drug-likeness (QED) is 0.404. The Kier molecular flexibility index (Phi) is 6.94. The van der Waals surface area contributed by atoms with Crippen molar-refractivity contribution in [2.45, 2.75) is 19.5 Å². The van der Waals surface area contributed by atoms with Gasteiger partial charge in [-0.25, -0.2) is 0 Å². The van der Waals surface area contributed by atoms with E-state index in [2.05, 4.69) is 45.6 Å². The van der Waals surface area contributed by atoms with Gasteiger partial charge in [0.1, 0.15) is 0 Å². The van der Waals surface area contributed by atoms with Gasteiger partial charge in [0.2, 0.25) is 0 Å². The molecule has 0 saturated heterocycles. The van der Waals surface area contributed by atoms with Crippen molar-refractivity contribution in [3.8, 4) is 0 Å². The first-order valence-corrected chi connectivity index (χ1v) is 12.5. The fourth-order valence-corrected chi connectivity index (χ4v) is 5.71. The molecule has 2 aromatic carbocycles. The molecule has 7 nitrogen and oxygen atoms in total. The molecular weight excluding hydrogens is 488 g/mol. The molecule has 0 saturated carbocycles. The van der Waals surface area contributed by atoms with Crippen molar-refractivity contribution in [2.75, 3.05) is 33.9 Å². The molecule has 4 aromatic rings. The molecule has 4 bridgehead atoms. The molecule has 2 amide bonds. The number of para-hydroxylation sites is 2. The van der Waals surface area contributed by atoms with Crippen molar-refractivity contribution in [3.63, 3.8) is 0 Å². The van der Waals surface area contributed by atoms with Crippen molar-refractivity contribution in [1.82, 2.24) is 19.4 Å². The molecule has 37 heavy (non-hydrogen) atoms. The van der Waals surface area contributed by atoms with Gasteiger partial charge in [-0.3, -0.25) is 14.9 Å². The number of hydrogen-bond donors (Lipinski definition) is 1. The predicted molar refractivity (Wildman–Crippen MR) is 149 cm³/mol. The third-order valence-corrected chi connectivity index (χ3v) is 7.28. The van der Waals surface area contributed by atoms with Gasteiger partial charge in [0.15, 0.2) is 0 Å². The van der Waals surface area contributed by atoms with E-state index in [4.69, 9.17) is 4.74 Å². The number of benzene rings is 2. The second-order valence-corrected chi connectivity index (χ2v) is 10.0. The topological polar surface area (TPSA) is 68.5 Å². The Morgan fingerprint density at radius 3 is 1.97 bits per heavy atom. The molecule has 2 aliphatic heterocycles. The number of amides is 2. The number of nitrogens with zero attached hydrogens (tertiary/aromatic N) is 3. The van der Waals surface area contributed by atoms with Crippen LogP contribution in [0.2, 0.25) is 0 Å². The van der Waals surface area contributed by atoms with Gasteiger partial charge in [-0.2, -0.15) is 0 Å². The van der Waals surface area contributed by atoms with E-state index in [1.165, 1.54) is 0 Å². The van der Waals surface area contributed by atoms with Crippen LogP contribution in [0.5, 0.6) is 0 Å². The summed E-state index contributed by atoms with van der Waals surface area (Å²) in [5, 5.41) is 4.51. The molecule has 2 aliphatic rings. The summed E-state index contributed by atoms with van der Waals surface area (Å²) in [6, 6.07) is 16.2. The molecule has 8 heteroatoms. The Morgan fingerprint density at radius 2 is 1.41 bits per heavy atom. The number of aryl methyl sites for hydroxylation is 1. The van der Waals surface area contributed by atoms with E-state index in [0.717, 1.165) is 52.4 Å². The molecule has 4 heterocycles. The van der Waals surface area contributed by atoms with Crippen LogP contribution in [0, 0.1) is 5.92 Å². The Morgan fingerprint density at radius 1 is 0.865 bits per heavy atom. The summed E-state index contributed by atoms with van der Waals surface area (Å²) in [6.07, 6.45) is 4.99. The summed E-state index contributed by atoms with van der Waals surface area (Å²) < 4.78 is 10.5. The Balaban J connectivity index is 0.00000280. The first-order chi connectivity index (χ1) is 17.5. The molecule has 1 unspecified atom stereocenters. The van der Waals surface area contributed by atoms with Gasteiger partial charge >= 0.3 is 0 Å². The van der Waals surface area contributed by atoms with E-state index in [-0.39, 0.29) is 24.2 Å². The Labute approximate surface area is 222 Å². The standard InChI is InChI=1S/C29H30N4O3.ClH/c1-31(2)15-19-11-12-32-16-22(20-7-3-5-9-24(20)32)26-27(29(35)30-28(26)34)23-17-33(13-14-36-18-19)25-10-6-4-8-21(23)25;/h3-10,16-17,19H,11-15,18H2,1-2H3,(H,30,34,35);1H. The zero-order valence-electron chi connectivity index (χ0n) is 21.1. The molecule has 0 spiro atoms. The van der Waals surface area contributed by atoms with Gasteiger partial charge in [-0.15, -0.1) is 12.4 Å². The van der Waals surface area contributed by atoms with Crippen LogP contribution >= 0.6 is 12.4 Å². The SMILES string of the molecule is CN(C)CC1CCn2cc(c3ccccc32)C2=C(C(=O)NC2=O)c2cn(c3ccccc23)CCOC1.Cl. The van der Waals surface area contributed by atoms with Crippen molar-refractivity contribution in [3.05, 3.63) is 72.1 Å². The van der Waals surface area contributed by atoms with E-state index in [1.54, 1.807) is 0 Å². The summed E-state index contributed by atoms with van der Waals surface area (Å²) in [5.41, 5.74) is 4.56. The summed E-state index contributed by atoms with van der Waals surface area (Å²) >= 11 is 0. The van der Waals surface area contributed by atoms with Gasteiger partial charge < -0.3 is 18.8 Å². The molecular formula is C29H31ClN4O3. The van der Waals surface area contributed by atoms with Crippen LogP contribution in [0.15, 0.2) is 60.9 Å². The maximum Gasteiger partial charge on any atom is 0.259 e. The van der Waals surface area contributed by atoms with Crippen LogP contribution in [-0.2, 0) is 27.4 Å². The van der Waals surface area contributed by atoms with Crippen LogP contribution < -0.4 is 5.32 Å². The van der Waals surface area contributed by atoms with Gasteiger partial charge in [0.05, 0.1) is 24.4 Å². The minimum Gasteiger partial charge on any atom is -0.379 e. The summed E-state index contributed by atoms with van der Waals surface area (Å²) in [6.45, 7) is 3.68. The van der Waals surface area contributed by atoms with Crippen LogP contribution in [0.25, 0.3) is 33.0 Å². The van der Waals surface area contributed by atoms with Crippen LogP contribution in [0.4, 0.5) is 0 Å². The second-order valence-electron chi connectivity index (χ2n) is 10.0. The van der Waals surface area contributed by atoms with E-state index < -0.39 is 0 Å². The van der Waals surface area contributed by atoms with E-state index in [0.29, 0.717) is 36.8 Å². The maximum atomic E-state index is 13.3. The average Bonchev–Trinajstić information content (AvgIpc) is 3.50. The number of fused-ring (bicyclic) bond motifs is 12. The van der Waals surface area contributed by atoms with Crippen molar-refractivity contribution in [2.24, 2.45) is 5.92 Å². The molecule has 1 N–H and O–H groups in total. The molecule has 6 rings (SSSR count). The number of hydrogen-bond acceptors (Lipinski definition) is 4. The average molecular weight is 519 g/mol. The number of aromatic nitrogens is 2. The third kappa shape index (κ3) is 4.48. The fourth-order valence-electron chi connectivity index (χ4n) is 5.71. The number of carbonyl (C=O) groups excluding carboxylic acids is 2. The summed E-state index contributed by atoms with van der Waals surface area (Å²) in [5.74, 6) is -0.313. The fraction of sp³-hybridized carbons (Fsp3) is 0.310. The van der Waals surface area contributed by atoms with E-state index in [9.17, 15) is 9.59 Å². The highest BCUT2D eigenvalue weighted by Crippen LogP contribution is 2.39. The van der Waals surface area contributed by atoms with E-state index >= 15 is 0 Å². The van der Waals surface area contributed by atoms with Crippen LogP contribution in [-0.4, -0.2) is 59.7 Å². The summed E-state index contributed by atoms with van der Waals surface area (Å²) in [4.78, 5) is 28.7. The molecule has 192 valence electrons. The molecule has 2 aromatic heterocycles. The minimum atomic E-state index is -0.346. The second kappa shape index (κ2) is 10.2. The zero-order chi connectivity index (χ0) is 24.8. The highest BCUT2D eigenvalue weighted by molar-refractivity contribution is 6.50. The lowest BCUT2D eigenvalue weighted by Crippen LogP contribution is -2.27. The van der Waals surface area contributed by atoms with Gasteiger partial charge in [-0.05, 0) is 38.6 Å². The predicted octanol–water partition coefficient (Wildman–Crippen LogP) is 4.18.